The monoisotopic (exact) mass is 310 g/mol. The van der Waals surface area contributed by atoms with Gasteiger partial charge in [-0.25, -0.2) is 4.79 Å². The van der Waals surface area contributed by atoms with Gasteiger partial charge in [-0.1, -0.05) is 6.07 Å². The van der Waals surface area contributed by atoms with Crippen molar-refractivity contribution in [2.24, 2.45) is 0 Å². The van der Waals surface area contributed by atoms with Crippen molar-refractivity contribution in [2.45, 2.75) is 19.9 Å². The van der Waals surface area contributed by atoms with Gasteiger partial charge in [-0.3, -0.25) is 4.79 Å². The van der Waals surface area contributed by atoms with Crippen LogP contribution in [0.5, 0.6) is 11.5 Å². The Balaban J connectivity index is 2.36. The molecule has 0 aromatic heterocycles. The molecule has 0 fully saturated rings. The molecule has 0 aliphatic carbocycles. The van der Waals surface area contributed by atoms with Crippen molar-refractivity contribution in [1.29, 1.82) is 0 Å². The topological polar surface area (TPSA) is 85.9 Å². The average Bonchev–Trinajstić information content (AvgIpc) is 2.52. The molecule has 0 heterocycles. The van der Waals surface area contributed by atoms with E-state index in [1.165, 1.54) is 0 Å². The summed E-state index contributed by atoms with van der Waals surface area (Å²) < 4.78 is 15.1. The van der Waals surface area contributed by atoms with Crippen LogP contribution in [-0.2, 0) is 16.1 Å². The summed E-state index contributed by atoms with van der Waals surface area (Å²) in [6.45, 7) is 2.65. The summed E-state index contributed by atoms with van der Waals surface area (Å²) >= 11 is 0. The van der Waals surface area contributed by atoms with Crippen molar-refractivity contribution in [3.8, 4) is 11.5 Å². The lowest BCUT2D eigenvalue weighted by molar-refractivity contribution is -0.142. The number of hydrogen-bond acceptors (Lipinski definition) is 5. The van der Waals surface area contributed by atoms with Crippen molar-refractivity contribution < 1.29 is 23.8 Å². The van der Waals surface area contributed by atoms with Gasteiger partial charge in [0, 0.05) is 13.1 Å². The van der Waals surface area contributed by atoms with Crippen LogP contribution < -0.4 is 20.1 Å². The van der Waals surface area contributed by atoms with Crippen molar-refractivity contribution in [3.05, 3.63) is 23.8 Å². The first-order valence-electron chi connectivity index (χ1n) is 6.99. The van der Waals surface area contributed by atoms with E-state index in [-0.39, 0.29) is 25.0 Å². The third kappa shape index (κ3) is 5.90. The van der Waals surface area contributed by atoms with E-state index in [0.717, 1.165) is 5.56 Å². The number of methoxy groups -OCH3 is 2. The molecule has 0 saturated heterocycles. The number of amides is 2. The molecule has 7 heteroatoms. The second kappa shape index (κ2) is 9.49. The van der Waals surface area contributed by atoms with E-state index in [9.17, 15) is 9.59 Å². The van der Waals surface area contributed by atoms with Gasteiger partial charge >= 0.3 is 12.0 Å². The number of hydrogen-bond donors (Lipinski definition) is 2. The summed E-state index contributed by atoms with van der Waals surface area (Å²) in [4.78, 5) is 22.7. The fourth-order valence-corrected chi connectivity index (χ4v) is 1.75. The number of urea groups is 1. The first kappa shape index (κ1) is 17.6. The van der Waals surface area contributed by atoms with Gasteiger partial charge in [-0.15, -0.1) is 0 Å². The molecule has 122 valence electrons. The molecule has 0 spiro atoms. The molecular weight excluding hydrogens is 288 g/mol. The highest BCUT2D eigenvalue weighted by molar-refractivity contribution is 5.75. The highest BCUT2D eigenvalue weighted by Gasteiger charge is 2.07. The van der Waals surface area contributed by atoms with E-state index >= 15 is 0 Å². The largest absolute Gasteiger partial charge is 0.493 e. The number of esters is 1. The van der Waals surface area contributed by atoms with E-state index in [2.05, 4.69) is 10.6 Å². The average molecular weight is 310 g/mol. The third-order valence-corrected chi connectivity index (χ3v) is 2.82. The Hall–Kier alpha value is -2.44. The summed E-state index contributed by atoms with van der Waals surface area (Å²) in [7, 11) is 3.12. The molecule has 0 aliphatic rings. The van der Waals surface area contributed by atoms with Gasteiger partial charge in [0.15, 0.2) is 11.5 Å². The molecule has 0 bridgehead atoms. The zero-order valence-corrected chi connectivity index (χ0v) is 13.1. The van der Waals surface area contributed by atoms with Gasteiger partial charge in [0.1, 0.15) is 0 Å². The first-order chi connectivity index (χ1) is 10.6. The molecule has 0 saturated carbocycles. The normalized spacial score (nSPS) is 9.77. The molecule has 2 N–H and O–H groups in total. The second-order valence-electron chi connectivity index (χ2n) is 4.35. The Labute approximate surface area is 129 Å². The predicted molar refractivity (Wildman–Crippen MR) is 81.0 cm³/mol. The standard InChI is InChI=1S/C15H22N2O5/c1-4-22-14(18)7-8-16-15(19)17-10-11-5-6-12(20-2)13(9-11)21-3/h5-6,9H,4,7-8,10H2,1-3H3,(H2,16,17,19). The van der Waals surface area contributed by atoms with E-state index in [1.54, 1.807) is 33.3 Å². The zero-order valence-electron chi connectivity index (χ0n) is 13.1. The van der Waals surface area contributed by atoms with Crippen LogP contribution in [-0.4, -0.2) is 39.4 Å². The number of ether oxygens (including phenoxy) is 3. The highest BCUT2D eigenvalue weighted by atomic mass is 16.5. The van der Waals surface area contributed by atoms with Crippen LogP contribution in [0, 0.1) is 0 Å². The lowest BCUT2D eigenvalue weighted by atomic mass is 10.2. The number of rotatable bonds is 8. The number of nitrogens with one attached hydrogen (secondary N) is 2. The van der Waals surface area contributed by atoms with Crippen molar-refractivity contribution in [3.63, 3.8) is 0 Å². The molecule has 1 aromatic carbocycles. The summed E-state index contributed by atoms with van der Waals surface area (Å²) in [6, 6.07) is 5.05. The summed E-state index contributed by atoms with van der Waals surface area (Å²) in [6.07, 6.45) is 0.150. The molecule has 1 rings (SSSR count). The molecule has 7 nitrogen and oxygen atoms in total. The van der Waals surface area contributed by atoms with Gasteiger partial charge in [0.25, 0.3) is 0 Å². The van der Waals surface area contributed by atoms with Gasteiger partial charge in [-0.05, 0) is 24.6 Å². The van der Waals surface area contributed by atoms with Crippen LogP contribution in [0.3, 0.4) is 0 Å². The third-order valence-electron chi connectivity index (χ3n) is 2.82. The predicted octanol–water partition coefficient (Wildman–Crippen LogP) is 1.46. The molecule has 1 aromatic rings. The van der Waals surface area contributed by atoms with Crippen LogP contribution in [0.25, 0.3) is 0 Å². The first-order valence-corrected chi connectivity index (χ1v) is 6.99. The summed E-state index contributed by atoms with van der Waals surface area (Å²) in [5.74, 6) is 0.900. The minimum Gasteiger partial charge on any atom is -0.493 e. The fraction of sp³-hybridized carbons (Fsp3) is 0.467. The van der Waals surface area contributed by atoms with Crippen LogP contribution in [0.15, 0.2) is 18.2 Å². The molecule has 0 atom stereocenters. The Morgan fingerprint density at radius 3 is 2.45 bits per heavy atom. The molecule has 2 amide bonds. The summed E-state index contributed by atoms with van der Waals surface area (Å²) in [5.41, 5.74) is 0.873. The van der Waals surface area contributed by atoms with E-state index in [1.807, 2.05) is 6.07 Å². The number of benzene rings is 1. The van der Waals surface area contributed by atoms with E-state index in [0.29, 0.717) is 24.7 Å². The van der Waals surface area contributed by atoms with Gasteiger partial charge in [0.2, 0.25) is 0 Å². The van der Waals surface area contributed by atoms with Crippen molar-refractivity contribution >= 4 is 12.0 Å². The molecule has 0 unspecified atom stereocenters. The Morgan fingerprint density at radius 2 is 1.82 bits per heavy atom. The van der Waals surface area contributed by atoms with Gasteiger partial charge in [-0.2, -0.15) is 0 Å². The highest BCUT2D eigenvalue weighted by Crippen LogP contribution is 2.27. The molecule has 0 aliphatic heterocycles. The van der Waals surface area contributed by atoms with Crippen LogP contribution in [0.4, 0.5) is 4.79 Å². The fourth-order valence-electron chi connectivity index (χ4n) is 1.75. The maximum absolute atomic E-state index is 11.6. The lowest BCUT2D eigenvalue weighted by Crippen LogP contribution is -2.36. The number of carbonyl (C=O) groups is 2. The molecular formula is C15H22N2O5. The minimum absolute atomic E-state index is 0.150. The lowest BCUT2D eigenvalue weighted by Gasteiger charge is -2.11. The maximum Gasteiger partial charge on any atom is 0.315 e. The Bertz CT molecular complexity index is 505. The van der Waals surface area contributed by atoms with Gasteiger partial charge in [0.05, 0.1) is 27.2 Å². The minimum atomic E-state index is -0.348. The van der Waals surface area contributed by atoms with Crippen molar-refractivity contribution in [2.75, 3.05) is 27.4 Å². The smallest absolute Gasteiger partial charge is 0.315 e. The maximum atomic E-state index is 11.6. The SMILES string of the molecule is CCOC(=O)CCNC(=O)NCc1ccc(OC)c(OC)c1. The Kier molecular flexibility index (Phi) is 7.60. The van der Waals surface area contributed by atoms with Crippen molar-refractivity contribution in [1.82, 2.24) is 10.6 Å². The number of carbonyl (C=O) groups excluding carboxylic acids is 2. The summed E-state index contributed by atoms with van der Waals surface area (Å²) in [5, 5.41) is 5.28. The zero-order chi connectivity index (χ0) is 16.4. The second-order valence-corrected chi connectivity index (χ2v) is 4.35. The molecule has 0 radical (unpaired) electrons. The quantitative estimate of drug-likeness (QED) is 0.710. The van der Waals surface area contributed by atoms with Crippen LogP contribution in [0.1, 0.15) is 18.9 Å². The van der Waals surface area contributed by atoms with E-state index in [4.69, 9.17) is 14.2 Å². The van der Waals surface area contributed by atoms with Gasteiger partial charge < -0.3 is 24.8 Å². The van der Waals surface area contributed by atoms with Crippen LogP contribution in [0.2, 0.25) is 0 Å². The molecule has 22 heavy (non-hydrogen) atoms. The Morgan fingerprint density at radius 1 is 1.09 bits per heavy atom. The van der Waals surface area contributed by atoms with Crippen LogP contribution >= 0.6 is 0 Å². The van der Waals surface area contributed by atoms with E-state index < -0.39 is 0 Å².